The average molecular weight is 250 g/mol. The number of ether oxygens (including phenoxy) is 2. The fraction of sp³-hybridized carbons (Fsp3) is 0.533. The summed E-state index contributed by atoms with van der Waals surface area (Å²) >= 11 is 0. The largest absolute Gasteiger partial charge is 0.491 e. The van der Waals surface area contributed by atoms with Gasteiger partial charge in [0.1, 0.15) is 18.6 Å². The van der Waals surface area contributed by atoms with Gasteiger partial charge in [-0.05, 0) is 30.7 Å². The molecule has 1 aromatic carbocycles. The van der Waals surface area contributed by atoms with E-state index >= 15 is 0 Å². The molecule has 1 aromatic rings. The number of hydrogen-bond acceptors (Lipinski definition) is 3. The van der Waals surface area contributed by atoms with Gasteiger partial charge in [0, 0.05) is 12.2 Å². The lowest BCUT2D eigenvalue weighted by Gasteiger charge is -2.07. The molecule has 3 nitrogen and oxygen atoms in total. The van der Waals surface area contributed by atoms with E-state index < -0.39 is 0 Å². The Hall–Kier alpha value is -1.35. The lowest BCUT2D eigenvalue weighted by molar-refractivity contribution is 0.0971. The Labute approximate surface area is 109 Å². The minimum Gasteiger partial charge on any atom is -0.491 e. The lowest BCUT2D eigenvalue weighted by atomic mass is 10.2. The van der Waals surface area contributed by atoms with Crippen LogP contribution in [0.2, 0.25) is 0 Å². The maximum absolute atomic E-state index is 10.5. The van der Waals surface area contributed by atoms with Crippen molar-refractivity contribution >= 4 is 6.29 Å². The van der Waals surface area contributed by atoms with E-state index in [1.807, 2.05) is 0 Å². The van der Waals surface area contributed by atoms with Gasteiger partial charge in [-0.2, -0.15) is 0 Å². The van der Waals surface area contributed by atoms with Crippen molar-refractivity contribution in [3.63, 3.8) is 0 Å². The molecule has 3 heteroatoms. The van der Waals surface area contributed by atoms with E-state index in [1.165, 1.54) is 19.3 Å². The van der Waals surface area contributed by atoms with Crippen LogP contribution < -0.4 is 4.74 Å². The zero-order valence-electron chi connectivity index (χ0n) is 11.1. The Bertz CT molecular complexity index is 319. The quantitative estimate of drug-likeness (QED) is 0.471. The molecule has 0 bridgehead atoms. The van der Waals surface area contributed by atoms with Crippen LogP contribution in [0.5, 0.6) is 5.75 Å². The van der Waals surface area contributed by atoms with Crippen LogP contribution in [0.1, 0.15) is 43.0 Å². The normalized spacial score (nSPS) is 10.3. The summed E-state index contributed by atoms with van der Waals surface area (Å²) in [6.07, 6.45) is 5.72. The third-order valence-electron chi connectivity index (χ3n) is 2.65. The zero-order chi connectivity index (χ0) is 13.1. The molecule has 0 spiro atoms. The fourth-order valence-electron chi connectivity index (χ4n) is 1.59. The maximum Gasteiger partial charge on any atom is 0.150 e. The van der Waals surface area contributed by atoms with Gasteiger partial charge in [0.05, 0.1) is 6.61 Å². The van der Waals surface area contributed by atoms with E-state index in [1.54, 1.807) is 24.3 Å². The van der Waals surface area contributed by atoms with Crippen LogP contribution in [0.25, 0.3) is 0 Å². The van der Waals surface area contributed by atoms with Crippen molar-refractivity contribution in [2.45, 2.75) is 32.6 Å². The first-order chi connectivity index (χ1) is 8.86. The number of benzene rings is 1. The predicted octanol–water partition coefficient (Wildman–Crippen LogP) is 3.47. The first-order valence-electron chi connectivity index (χ1n) is 6.62. The van der Waals surface area contributed by atoms with Crippen molar-refractivity contribution in [1.29, 1.82) is 0 Å². The van der Waals surface area contributed by atoms with Crippen LogP contribution in [0.15, 0.2) is 24.3 Å². The molecule has 0 heterocycles. The molecule has 0 fully saturated rings. The number of carbonyl (C=O) groups excluding carboxylic acids is 1. The summed E-state index contributed by atoms with van der Waals surface area (Å²) < 4.78 is 11.0. The molecule has 1 rings (SSSR count). The highest BCUT2D eigenvalue weighted by Gasteiger charge is 1.95. The van der Waals surface area contributed by atoms with Gasteiger partial charge in [-0.1, -0.05) is 26.2 Å². The molecule has 0 saturated carbocycles. The van der Waals surface area contributed by atoms with E-state index in [2.05, 4.69) is 6.92 Å². The first-order valence-corrected chi connectivity index (χ1v) is 6.62. The molecular formula is C15H22O3. The van der Waals surface area contributed by atoms with Gasteiger partial charge in [-0.25, -0.2) is 0 Å². The Morgan fingerprint density at radius 1 is 1.00 bits per heavy atom. The molecule has 0 atom stereocenters. The van der Waals surface area contributed by atoms with Crippen LogP contribution in [-0.2, 0) is 4.74 Å². The van der Waals surface area contributed by atoms with E-state index in [4.69, 9.17) is 9.47 Å². The molecule has 0 unspecified atom stereocenters. The van der Waals surface area contributed by atoms with Gasteiger partial charge in [-0.3, -0.25) is 4.79 Å². The molecule has 0 aliphatic carbocycles. The maximum atomic E-state index is 10.5. The first kappa shape index (κ1) is 14.7. The Balaban J connectivity index is 2.01. The summed E-state index contributed by atoms with van der Waals surface area (Å²) in [5, 5.41) is 0. The highest BCUT2D eigenvalue weighted by atomic mass is 16.5. The van der Waals surface area contributed by atoms with Crippen molar-refractivity contribution in [2.75, 3.05) is 19.8 Å². The Kier molecular flexibility index (Phi) is 7.89. The van der Waals surface area contributed by atoms with Gasteiger partial charge in [-0.15, -0.1) is 0 Å². The summed E-state index contributed by atoms with van der Waals surface area (Å²) in [7, 11) is 0. The molecule has 0 saturated heterocycles. The van der Waals surface area contributed by atoms with Gasteiger partial charge in [0.2, 0.25) is 0 Å². The van der Waals surface area contributed by atoms with Gasteiger partial charge >= 0.3 is 0 Å². The monoisotopic (exact) mass is 250 g/mol. The predicted molar refractivity (Wildman–Crippen MR) is 72.3 cm³/mol. The molecule has 0 N–H and O–H groups in total. The van der Waals surface area contributed by atoms with Crippen LogP contribution in [-0.4, -0.2) is 26.1 Å². The minimum absolute atomic E-state index is 0.550. The van der Waals surface area contributed by atoms with Gasteiger partial charge < -0.3 is 9.47 Å². The highest BCUT2D eigenvalue weighted by molar-refractivity contribution is 5.74. The summed E-state index contributed by atoms with van der Waals surface area (Å²) in [6.45, 7) is 4.17. The van der Waals surface area contributed by atoms with E-state index in [0.29, 0.717) is 18.8 Å². The van der Waals surface area contributed by atoms with Crippen molar-refractivity contribution in [1.82, 2.24) is 0 Å². The molecule has 0 aliphatic rings. The smallest absolute Gasteiger partial charge is 0.150 e. The third-order valence-corrected chi connectivity index (χ3v) is 2.65. The van der Waals surface area contributed by atoms with Crippen LogP contribution in [0.3, 0.4) is 0 Å². The molecule has 0 aliphatic heterocycles. The van der Waals surface area contributed by atoms with Crippen molar-refractivity contribution in [3.8, 4) is 5.75 Å². The van der Waals surface area contributed by atoms with E-state index in [9.17, 15) is 4.79 Å². The number of carbonyl (C=O) groups is 1. The number of hydrogen-bond donors (Lipinski definition) is 0. The van der Waals surface area contributed by atoms with Gasteiger partial charge in [0.25, 0.3) is 0 Å². The third kappa shape index (κ3) is 6.40. The van der Waals surface area contributed by atoms with E-state index in [-0.39, 0.29) is 0 Å². The molecule has 18 heavy (non-hydrogen) atoms. The SMILES string of the molecule is CCCCCCOCCOc1ccc(C=O)cc1. The molecule has 100 valence electrons. The summed E-state index contributed by atoms with van der Waals surface area (Å²) in [6, 6.07) is 7.08. The summed E-state index contributed by atoms with van der Waals surface area (Å²) in [5.74, 6) is 0.773. The minimum atomic E-state index is 0.550. The van der Waals surface area contributed by atoms with Crippen molar-refractivity contribution in [3.05, 3.63) is 29.8 Å². The fourth-order valence-corrected chi connectivity index (χ4v) is 1.59. The molecule has 0 aromatic heterocycles. The highest BCUT2D eigenvalue weighted by Crippen LogP contribution is 2.10. The van der Waals surface area contributed by atoms with Gasteiger partial charge in [0.15, 0.2) is 0 Å². The van der Waals surface area contributed by atoms with Crippen LogP contribution in [0, 0.1) is 0 Å². The molecule has 0 radical (unpaired) electrons. The van der Waals surface area contributed by atoms with E-state index in [0.717, 1.165) is 25.1 Å². The number of aldehydes is 1. The van der Waals surface area contributed by atoms with Crippen LogP contribution in [0.4, 0.5) is 0 Å². The van der Waals surface area contributed by atoms with Crippen molar-refractivity contribution in [2.24, 2.45) is 0 Å². The topological polar surface area (TPSA) is 35.5 Å². The number of rotatable bonds is 10. The second kappa shape index (κ2) is 9.66. The summed E-state index contributed by atoms with van der Waals surface area (Å²) in [5.41, 5.74) is 0.662. The molecule has 0 amide bonds. The Morgan fingerprint density at radius 3 is 2.44 bits per heavy atom. The summed E-state index contributed by atoms with van der Waals surface area (Å²) in [4.78, 5) is 10.5. The van der Waals surface area contributed by atoms with Crippen molar-refractivity contribution < 1.29 is 14.3 Å². The molecular weight excluding hydrogens is 228 g/mol. The lowest BCUT2D eigenvalue weighted by Crippen LogP contribution is -2.07. The standard InChI is InChI=1S/C15H22O3/c1-2-3-4-5-10-17-11-12-18-15-8-6-14(13-16)7-9-15/h6-9,13H,2-5,10-12H2,1H3. The average Bonchev–Trinajstić information content (AvgIpc) is 2.42. The number of unbranched alkanes of at least 4 members (excludes halogenated alkanes) is 3. The zero-order valence-corrected chi connectivity index (χ0v) is 11.1. The Morgan fingerprint density at radius 2 is 1.78 bits per heavy atom. The second-order valence-electron chi connectivity index (χ2n) is 4.21. The van der Waals surface area contributed by atoms with Crippen LogP contribution >= 0.6 is 0 Å². The second-order valence-corrected chi connectivity index (χ2v) is 4.21.